The quantitative estimate of drug-likeness (QED) is 0.406. The molecule has 0 spiro atoms. The van der Waals surface area contributed by atoms with E-state index in [0.717, 1.165) is 0 Å². The molecule has 0 aromatic rings. The van der Waals surface area contributed by atoms with Gasteiger partial charge in [0.25, 0.3) is 0 Å². The van der Waals surface area contributed by atoms with Gasteiger partial charge in [0, 0.05) is 13.1 Å². The number of aliphatic hydroxyl groups excluding tert-OH is 1. The highest BCUT2D eigenvalue weighted by Crippen LogP contribution is 2.00. The normalized spacial score (nSPS) is 12.6. The van der Waals surface area contributed by atoms with Crippen LogP contribution in [0.15, 0.2) is 0 Å². The van der Waals surface area contributed by atoms with Gasteiger partial charge in [0.05, 0.1) is 32.3 Å². The zero-order chi connectivity index (χ0) is 13.3. The lowest BCUT2D eigenvalue weighted by Gasteiger charge is -2.22. The van der Waals surface area contributed by atoms with Crippen molar-refractivity contribution >= 4 is 11.9 Å². The van der Waals surface area contributed by atoms with Crippen molar-refractivity contribution in [2.24, 2.45) is 11.7 Å². The molecule has 4 N–H and O–H groups in total. The van der Waals surface area contributed by atoms with Crippen molar-refractivity contribution in [2.75, 3.05) is 39.5 Å². The van der Waals surface area contributed by atoms with Crippen molar-refractivity contribution in [3.8, 4) is 0 Å². The number of carbonyl (C=O) groups excluding carboxylic acids is 1. The molecular formula is C10H20N2O5. The number of hydrogen-bond donors (Lipinski definition) is 3. The molecule has 0 heterocycles. The predicted molar refractivity (Wildman–Crippen MR) is 60.3 cm³/mol. The van der Waals surface area contributed by atoms with E-state index in [4.69, 9.17) is 20.7 Å². The van der Waals surface area contributed by atoms with Crippen LogP contribution in [0.3, 0.4) is 0 Å². The number of carboxylic acid groups (broad SMARTS) is 1. The fraction of sp³-hybridized carbons (Fsp3) is 0.800. The molecule has 1 unspecified atom stereocenters. The predicted octanol–water partition coefficient (Wildman–Crippen LogP) is -1.50. The summed E-state index contributed by atoms with van der Waals surface area (Å²) < 4.78 is 5.05. The van der Waals surface area contributed by atoms with Crippen LogP contribution in [0.5, 0.6) is 0 Å². The van der Waals surface area contributed by atoms with Crippen molar-refractivity contribution in [1.29, 1.82) is 0 Å². The number of rotatable bonds is 10. The lowest BCUT2D eigenvalue weighted by atomic mass is 10.1. The van der Waals surface area contributed by atoms with Crippen LogP contribution in [-0.4, -0.2) is 66.4 Å². The first-order valence-electron chi connectivity index (χ1n) is 5.39. The molecule has 0 fully saturated rings. The Morgan fingerprint density at radius 3 is 2.53 bits per heavy atom. The number of carbonyl (C=O) groups is 2. The molecule has 7 heteroatoms. The molecule has 1 amide bonds. The van der Waals surface area contributed by atoms with Gasteiger partial charge < -0.3 is 20.7 Å². The first kappa shape index (κ1) is 15.8. The largest absolute Gasteiger partial charge is 0.481 e. The van der Waals surface area contributed by atoms with Crippen LogP contribution in [0.1, 0.15) is 6.92 Å². The summed E-state index contributed by atoms with van der Waals surface area (Å²) in [7, 11) is 0. The maximum absolute atomic E-state index is 10.8. The van der Waals surface area contributed by atoms with E-state index in [1.807, 2.05) is 0 Å². The number of nitrogens with zero attached hydrogens (tertiary/aromatic N) is 1. The van der Waals surface area contributed by atoms with Gasteiger partial charge in [-0.05, 0) is 0 Å². The number of carboxylic acids is 1. The van der Waals surface area contributed by atoms with Crippen LogP contribution < -0.4 is 5.73 Å². The van der Waals surface area contributed by atoms with Gasteiger partial charge in [-0.2, -0.15) is 0 Å². The fourth-order valence-corrected chi connectivity index (χ4v) is 1.28. The van der Waals surface area contributed by atoms with Crippen LogP contribution in [0.4, 0.5) is 0 Å². The van der Waals surface area contributed by atoms with Gasteiger partial charge in [-0.3, -0.25) is 14.5 Å². The Balaban J connectivity index is 4.04. The Kier molecular flexibility index (Phi) is 8.29. The Labute approximate surface area is 100 Å². The zero-order valence-electron chi connectivity index (χ0n) is 9.96. The minimum atomic E-state index is -0.921. The van der Waals surface area contributed by atoms with E-state index in [1.165, 1.54) is 0 Å². The second-order valence-corrected chi connectivity index (χ2v) is 3.78. The molecule has 0 rings (SSSR count). The minimum absolute atomic E-state index is 0.000104. The fourth-order valence-electron chi connectivity index (χ4n) is 1.28. The lowest BCUT2D eigenvalue weighted by Crippen LogP contribution is -2.40. The van der Waals surface area contributed by atoms with Gasteiger partial charge in [0.15, 0.2) is 0 Å². The topological polar surface area (TPSA) is 113 Å². The van der Waals surface area contributed by atoms with E-state index in [1.54, 1.807) is 11.8 Å². The summed E-state index contributed by atoms with van der Waals surface area (Å²) in [5.41, 5.74) is 5.07. The van der Waals surface area contributed by atoms with Gasteiger partial charge in [0.1, 0.15) is 0 Å². The van der Waals surface area contributed by atoms with Crippen molar-refractivity contribution in [2.45, 2.75) is 6.92 Å². The summed E-state index contributed by atoms with van der Waals surface area (Å²) in [6, 6.07) is 0. The number of primary amides is 1. The van der Waals surface area contributed by atoms with Gasteiger partial charge in [0.2, 0.25) is 5.91 Å². The van der Waals surface area contributed by atoms with Crippen LogP contribution in [0.25, 0.3) is 0 Å². The SMILES string of the molecule is CC(CN(CCOCCO)CC(N)=O)C(=O)O. The van der Waals surface area contributed by atoms with E-state index >= 15 is 0 Å². The summed E-state index contributed by atoms with van der Waals surface area (Å²) in [4.78, 5) is 23.1. The van der Waals surface area contributed by atoms with Gasteiger partial charge in [-0.25, -0.2) is 0 Å². The van der Waals surface area contributed by atoms with E-state index < -0.39 is 17.8 Å². The molecule has 7 nitrogen and oxygen atoms in total. The molecule has 0 aliphatic carbocycles. The number of ether oxygens (including phenoxy) is 1. The minimum Gasteiger partial charge on any atom is -0.481 e. The summed E-state index contributed by atoms with van der Waals surface area (Å²) in [6.07, 6.45) is 0. The molecule has 17 heavy (non-hydrogen) atoms. The summed E-state index contributed by atoms with van der Waals surface area (Å²) >= 11 is 0. The van der Waals surface area contributed by atoms with E-state index in [2.05, 4.69) is 0 Å². The van der Waals surface area contributed by atoms with Crippen molar-refractivity contribution in [3.05, 3.63) is 0 Å². The van der Waals surface area contributed by atoms with Gasteiger partial charge in [-0.15, -0.1) is 0 Å². The van der Waals surface area contributed by atoms with Crippen molar-refractivity contribution in [1.82, 2.24) is 4.90 Å². The maximum atomic E-state index is 10.8. The smallest absolute Gasteiger partial charge is 0.307 e. The van der Waals surface area contributed by atoms with Crippen LogP contribution in [-0.2, 0) is 14.3 Å². The maximum Gasteiger partial charge on any atom is 0.307 e. The van der Waals surface area contributed by atoms with Crippen LogP contribution in [0, 0.1) is 5.92 Å². The lowest BCUT2D eigenvalue weighted by molar-refractivity contribution is -0.142. The molecule has 0 aliphatic heterocycles. The first-order chi connectivity index (χ1) is 7.97. The first-order valence-corrected chi connectivity index (χ1v) is 5.39. The van der Waals surface area contributed by atoms with E-state index in [-0.39, 0.29) is 26.3 Å². The highest BCUT2D eigenvalue weighted by molar-refractivity contribution is 5.76. The molecule has 0 aromatic heterocycles. The number of aliphatic hydroxyl groups is 1. The number of aliphatic carboxylic acids is 1. The van der Waals surface area contributed by atoms with Gasteiger partial charge >= 0.3 is 5.97 Å². The molecule has 0 aromatic carbocycles. The molecule has 100 valence electrons. The molecule has 0 saturated carbocycles. The van der Waals surface area contributed by atoms with E-state index in [9.17, 15) is 9.59 Å². The third-order valence-electron chi connectivity index (χ3n) is 2.12. The Hall–Kier alpha value is -1.18. The Bertz CT molecular complexity index is 247. The van der Waals surface area contributed by atoms with E-state index in [0.29, 0.717) is 13.2 Å². The highest BCUT2D eigenvalue weighted by Gasteiger charge is 2.17. The van der Waals surface area contributed by atoms with Gasteiger partial charge in [-0.1, -0.05) is 6.92 Å². The third kappa shape index (κ3) is 8.61. The second kappa shape index (κ2) is 8.91. The summed E-state index contributed by atoms with van der Waals surface area (Å²) in [6.45, 7) is 2.67. The molecule has 1 atom stereocenters. The highest BCUT2D eigenvalue weighted by atomic mass is 16.5. The Morgan fingerprint density at radius 1 is 1.41 bits per heavy atom. The van der Waals surface area contributed by atoms with Crippen LogP contribution in [0.2, 0.25) is 0 Å². The molecule has 0 saturated heterocycles. The summed E-state index contributed by atoms with van der Waals surface area (Å²) in [5, 5.41) is 17.3. The average Bonchev–Trinajstić information content (AvgIpc) is 2.23. The van der Waals surface area contributed by atoms with Crippen molar-refractivity contribution in [3.63, 3.8) is 0 Å². The molecule has 0 bridgehead atoms. The average molecular weight is 248 g/mol. The van der Waals surface area contributed by atoms with Crippen molar-refractivity contribution < 1.29 is 24.5 Å². The Morgan fingerprint density at radius 2 is 2.06 bits per heavy atom. The molecule has 0 aliphatic rings. The zero-order valence-corrected chi connectivity index (χ0v) is 9.96. The third-order valence-corrected chi connectivity index (χ3v) is 2.12. The molecular weight excluding hydrogens is 228 g/mol. The molecule has 0 radical (unpaired) electrons. The summed E-state index contributed by atoms with van der Waals surface area (Å²) in [5.74, 6) is -2.01. The second-order valence-electron chi connectivity index (χ2n) is 3.78. The number of hydrogen-bond acceptors (Lipinski definition) is 5. The monoisotopic (exact) mass is 248 g/mol. The number of nitrogens with two attached hydrogens (primary N) is 1. The standard InChI is InChI=1S/C10H20N2O5/c1-8(10(15)16)6-12(7-9(11)14)2-4-17-5-3-13/h8,13H,2-7H2,1H3,(H2,11,14)(H,15,16). The number of amides is 1. The van der Waals surface area contributed by atoms with Crippen LogP contribution >= 0.6 is 0 Å².